The second-order valence-corrected chi connectivity index (χ2v) is 12.1. The average molecular weight is 643 g/mol. The van der Waals surface area contributed by atoms with E-state index >= 15 is 0 Å². The number of hydrogen-bond acceptors (Lipinski definition) is 8. The Bertz CT molecular complexity index is 2010. The van der Waals surface area contributed by atoms with Crippen LogP contribution in [-0.2, 0) is 9.59 Å². The number of aromatic nitrogens is 4. The van der Waals surface area contributed by atoms with Gasteiger partial charge in [-0.15, -0.1) is 0 Å². The Morgan fingerprint density at radius 3 is 1.38 bits per heavy atom. The number of halogens is 1. The molecular weight excluding hydrogens is 612 g/mol. The molecule has 0 N–H and O–H groups in total. The number of rotatable bonds is 2. The van der Waals surface area contributed by atoms with Gasteiger partial charge in [0.2, 0.25) is 0 Å². The number of carbonyl (C=O) groups is 2. The van der Waals surface area contributed by atoms with Crippen LogP contribution in [-0.4, -0.2) is 78.4 Å². The number of hydrogen-bond donors (Lipinski definition) is 0. The number of likely N-dealkylation sites (N-methyl/N-ethyl adjacent to an activating group) is 2. The highest BCUT2D eigenvalue weighted by molar-refractivity contribution is 6.30. The van der Waals surface area contributed by atoms with Crippen LogP contribution in [0.4, 0.5) is 0 Å². The minimum absolute atomic E-state index is 0.0657. The lowest BCUT2D eigenvalue weighted by molar-refractivity contribution is -0.129. The van der Waals surface area contributed by atoms with Crippen LogP contribution < -0.4 is 0 Å². The molecule has 0 radical (unpaired) electrons. The predicted molar refractivity (Wildman–Crippen MR) is 181 cm³/mol. The Kier molecular flexibility index (Phi) is 9.27. The lowest BCUT2D eigenvalue weighted by Gasteiger charge is -2.14. The average Bonchev–Trinajstić information content (AvgIpc) is 3.41. The van der Waals surface area contributed by atoms with Gasteiger partial charge in [0.15, 0.2) is 23.3 Å². The molecule has 0 fully saturated rings. The van der Waals surface area contributed by atoms with E-state index in [9.17, 15) is 9.59 Å². The number of carbonyl (C=O) groups excluding carboxylic acids is 2. The Hall–Kier alpha value is -5.71. The van der Waals surface area contributed by atoms with Crippen molar-refractivity contribution in [3.05, 3.63) is 118 Å². The third kappa shape index (κ3) is 7.58. The largest absolute Gasteiger partial charge is 0.295 e. The number of aliphatic imine (C=N–C) groups is 2. The van der Waals surface area contributed by atoms with Crippen LogP contribution >= 0.6 is 11.6 Å². The summed E-state index contributed by atoms with van der Waals surface area (Å²) in [4.78, 5) is 53.1. The van der Waals surface area contributed by atoms with Crippen molar-refractivity contribution in [3.63, 3.8) is 0 Å². The van der Waals surface area contributed by atoms with Gasteiger partial charge in [0.1, 0.15) is 11.1 Å². The predicted octanol–water partition coefficient (Wildman–Crippen LogP) is 4.40. The van der Waals surface area contributed by atoms with Crippen LogP contribution in [0.1, 0.15) is 61.6 Å². The van der Waals surface area contributed by atoms with Gasteiger partial charge >= 0.3 is 0 Å². The van der Waals surface area contributed by atoms with E-state index < -0.39 is 11.1 Å². The molecule has 0 atom stereocenters. The van der Waals surface area contributed by atoms with Gasteiger partial charge in [-0.2, -0.15) is 0 Å². The normalized spacial score (nSPS) is 15.8. The van der Waals surface area contributed by atoms with Gasteiger partial charge in [0.25, 0.3) is 11.8 Å². The van der Waals surface area contributed by atoms with Crippen molar-refractivity contribution in [1.29, 1.82) is 0 Å². The minimum atomic E-state index is -0.779. The fourth-order valence-corrected chi connectivity index (χ4v) is 4.77. The number of amides is 2. The Morgan fingerprint density at radius 2 is 0.979 bits per heavy atom. The van der Waals surface area contributed by atoms with Crippen molar-refractivity contribution in [2.45, 2.75) is 38.8 Å². The van der Waals surface area contributed by atoms with Gasteiger partial charge in [-0.25, -0.2) is 29.9 Å². The summed E-state index contributed by atoms with van der Waals surface area (Å²) in [6.45, 7) is 7.09. The van der Waals surface area contributed by atoms with E-state index in [4.69, 9.17) is 11.6 Å². The molecule has 2 aromatic heterocycles. The SMILES string of the molecule is CN1C(=O)C(C)(C)N=C1c1ncc(C#Cc2cccc(Cl)c2)cn1.CN1C(=O)C(C)(C)N=C1c1ncc(C#Cc2ccccc2)cn1. The highest BCUT2D eigenvalue weighted by Crippen LogP contribution is 2.23. The maximum absolute atomic E-state index is 12.1. The second kappa shape index (κ2) is 13.3. The maximum atomic E-state index is 12.1. The van der Waals surface area contributed by atoms with Crippen molar-refractivity contribution in [2.75, 3.05) is 14.1 Å². The summed E-state index contributed by atoms with van der Waals surface area (Å²) in [5.41, 5.74) is 1.59. The van der Waals surface area contributed by atoms with Gasteiger partial charge in [-0.3, -0.25) is 19.4 Å². The van der Waals surface area contributed by atoms with Crippen molar-refractivity contribution in [2.24, 2.45) is 9.98 Å². The zero-order chi connectivity index (χ0) is 33.8. The van der Waals surface area contributed by atoms with E-state index in [1.807, 2.05) is 42.5 Å². The molecule has 2 aliphatic heterocycles. The smallest absolute Gasteiger partial charge is 0.255 e. The first-order valence-corrected chi connectivity index (χ1v) is 15.0. The lowest BCUT2D eigenvalue weighted by atomic mass is 10.1. The summed E-state index contributed by atoms with van der Waals surface area (Å²) in [7, 11) is 3.36. The minimum Gasteiger partial charge on any atom is -0.295 e. The van der Waals surface area contributed by atoms with Crippen LogP contribution in [0.2, 0.25) is 5.02 Å². The monoisotopic (exact) mass is 642 g/mol. The summed E-state index contributed by atoms with van der Waals surface area (Å²) < 4.78 is 0. The standard InChI is InChI=1S/C18H15ClN4O.C18H16N4O/c1-18(2)17(24)23(3)16(22-18)15-20-10-13(11-21-15)8-7-12-5-4-6-14(19)9-12;1-18(2)17(23)22(3)16(21-18)15-19-11-14(12-20-15)10-9-13-7-5-4-6-8-13/h4-6,9-11H,1-3H3;4-8,11-12H,1-3H3. The van der Waals surface area contributed by atoms with Crippen LogP contribution in [0.5, 0.6) is 0 Å². The molecule has 0 saturated heterocycles. The van der Waals surface area contributed by atoms with E-state index in [1.165, 1.54) is 9.80 Å². The van der Waals surface area contributed by atoms with Gasteiger partial charge in [0, 0.05) is 55.0 Å². The molecule has 11 heteroatoms. The van der Waals surface area contributed by atoms with Crippen LogP contribution in [0.15, 0.2) is 89.4 Å². The van der Waals surface area contributed by atoms with Crippen molar-refractivity contribution in [1.82, 2.24) is 29.7 Å². The molecule has 234 valence electrons. The lowest BCUT2D eigenvalue weighted by Crippen LogP contribution is -2.36. The molecular formula is C36H31ClN8O2. The van der Waals surface area contributed by atoms with Gasteiger partial charge in [0.05, 0.1) is 11.1 Å². The van der Waals surface area contributed by atoms with Crippen LogP contribution in [0.25, 0.3) is 0 Å². The molecule has 0 unspecified atom stereocenters. The van der Waals surface area contributed by atoms with Gasteiger partial charge in [-0.1, -0.05) is 59.5 Å². The van der Waals surface area contributed by atoms with Crippen molar-refractivity contribution >= 4 is 35.1 Å². The summed E-state index contributed by atoms with van der Waals surface area (Å²) in [6.07, 6.45) is 6.52. The molecule has 10 nitrogen and oxygen atoms in total. The third-order valence-corrected chi connectivity index (χ3v) is 7.30. The maximum Gasteiger partial charge on any atom is 0.255 e. The molecule has 2 aliphatic rings. The molecule has 47 heavy (non-hydrogen) atoms. The third-order valence-electron chi connectivity index (χ3n) is 7.07. The number of benzene rings is 2. The molecule has 0 bridgehead atoms. The zero-order valence-electron chi connectivity index (χ0n) is 26.8. The van der Waals surface area contributed by atoms with Gasteiger partial charge < -0.3 is 0 Å². The summed E-state index contributed by atoms with van der Waals surface area (Å²) in [5.74, 6) is 13.7. The van der Waals surface area contributed by atoms with Crippen molar-refractivity contribution < 1.29 is 9.59 Å². The van der Waals surface area contributed by atoms with E-state index in [0.717, 1.165) is 11.1 Å². The van der Waals surface area contributed by atoms with Gasteiger partial charge in [-0.05, 0) is 58.0 Å². The van der Waals surface area contributed by atoms with E-state index in [2.05, 4.69) is 53.6 Å². The van der Waals surface area contributed by atoms with Crippen LogP contribution in [0.3, 0.4) is 0 Å². The first kappa shape index (κ1) is 32.7. The highest BCUT2D eigenvalue weighted by Gasteiger charge is 2.41. The Labute approximate surface area is 278 Å². The zero-order valence-corrected chi connectivity index (χ0v) is 27.5. The number of amidine groups is 2. The molecule has 2 aromatic carbocycles. The fourth-order valence-electron chi connectivity index (χ4n) is 4.58. The molecule has 0 aliphatic carbocycles. The quantitative estimate of drug-likeness (QED) is 0.299. The van der Waals surface area contributed by atoms with Crippen molar-refractivity contribution in [3.8, 4) is 23.7 Å². The molecule has 0 saturated carbocycles. The van der Waals surface area contributed by atoms with E-state index in [-0.39, 0.29) is 11.8 Å². The molecule has 4 heterocycles. The molecule has 4 aromatic rings. The molecule has 0 spiro atoms. The summed E-state index contributed by atoms with van der Waals surface area (Å²) >= 11 is 5.93. The topological polar surface area (TPSA) is 117 Å². The summed E-state index contributed by atoms with van der Waals surface area (Å²) in [6, 6.07) is 17.0. The summed E-state index contributed by atoms with van der Waals surface area (Å²) in [5, 5.41) is 0.642. The second-order valence-electron chi connectivity index (χ2n) is 11.7. The number of nitrogens with zero attached hydrogens (tertiary/aromatic N) is 8. The first-order valence-electron chi connectivity index (χ1n) is 14.6. The van der Waals surface area contributed by atoms with E-state index in [0.29, 0.717) is 39.5 Å². The Balaban J connectivity index is 0.000000185. The molecule has 2 amide bonds. The first-order chi connectivity index (χ1) is 22.3. The van der Waals surface area contributed by atoms with Crippen LogP contribution in [0, 0.1) is 23.7 Å². The molecule has 6 rings (SSSR count). The Morgan fingerprint density at radius 1 is 0.574 bits per heavy atom. The highest BCUT2D eigenvalue weighted by atomic mass is 35.5. The fraction of sp³-hybridized carbons (Fsp3) is 0.222. The van der Waals surface area contributed by atoms with E-state index in [1.54, 1.807) is 78.7 Å².